The molecular formula is C13H19NO4. The number of ketones is 1. The molecule has 0 radical (unpaired) electrons. The number of allylic oxidation sites excluding steroid dienone is 1. The van der Waals surface area contributed by atoms with Crippen molar-refractivity contribution in [2.45, 2.75) is 45.3 Å². The number of carbonyl (C=O) groups is 2. The van der Waals surface area contributed by atoms with Gasteiger partial charge in [-0.1, -0.05) is 12.2 Å². The first-order valence-corrected chi connectivity index (χ1v) is 5.88. The fourth-order valence-corrected chi connectivity index (χ4v) is 1.67. The van der Waals surface area contributed by atoms with E-state index in [2.05, 4.69) is 5.32 Å². The summed E-state index contributed by atoms with van der Waals surface area (Å²) in [5.41, 5.74) is -1.18. The SMILES string of the molecule is CC(C)=C1NC(=O)C(O)(CC=CCC(C)O)C1=O. The second kappa shape index (κ2) is 5.46. The molecule has 18 heavy (non-hydrogen) atoms. The summed E-state index contributed by atoms with van der Waals surface area (Å²) >= 11 is 0. The van der Waals surface area contributed by atoms with Crippen LogP contribution in [-0.4, -0.2) is 33.6 Å². The van der Waals surface area contributed by atoms with Crippen molar-refractivity contribution < 1.29 is 19.8 Å². The number of carbonyl (C=O) groups excluding carboxylic acids is 2. The average Bonchev–Trinajstić information content (AvgIpc) is 2.49. The largest absolute Gasteiger partial charge is 0.393 e. The quantitative estimate of drug-likeness (QED) is 0.385. The monoisotopic (exact) mass is 253 g/mol. The van der Waals surface area contributed by atoms with E-state index in [4.69, 9.17) is 5.11 Å². The molecule has 0 aromatic carbocycles. The Hall–Kier alpha value is -1.46. The molecule has 1 aliphatic heterocycles. The van der Waals surface area contributed by atoms with E-state index in [1.54, 1.807) is 26.8 Å². The van der Waals surface area contributed by atoms with Crippen LogP contribution in [0.25, 0.3) is 0 Å². The van der Waals surface area contributed by atoms with E-state index in [1.807, 2.05) is 0 Å². The Morgan fingerprint density at radius 1 is 1.39 bits per heavy atom. The van der Waals surface area contributed by atoms with E-state index in [0.717, 1.165) is 0 Å². The molecule has 0 aromatic heterocycles. The molecule has 0 spiro atoms. The zero-order chi connectivity index (χ0) is 13.9. The zero-order valence-corrected chi connectivity index (χ0v) is 10.9. The molecule has 0 aliphatic carbocycles. The maximum Gasteiger partial charge on any atom is 0.265 e. The van der Waals surface area contributed by atoms with Gasteiger partial charge in [0.05, 0.1) is 11.8 Å². The van der Waals surface area contributed by atoms with Crippen LogP contribution in [0.3, 0.4) is 0 Å². The van der Waals surface area contributed by atoms with E-state index in [1.165, 1.54) is 6.08 Å². The number of hydrogen-bond donors (Lipinski definition) is 3. The molecule has 1 saturated heterocycles. The van der Waals surface area contributed by atoms with Crippen LogP contribution in [0.15, 0.2) is 23.4 Å². The topological polar surface area (TPSA) is 86.6 Å². The van der Waals surface area contributed by atoms with Gasteiger partial charge in [-0.3, -0.25) is 9.59 Å². The van der Waals surface area contributed by atoms with Crippen molar-refractivity contribution >= 4 is 11.7 Å². The lowest BCUT2D eigenvalue weighted by Gasteiger charge is -2.14. The van der Waals surface area contributed by atoms with Crippen LogP contribution < -0.4 is 5.32 Å². The highest BCUT2D eigenvalue weighted by Gasteiger charge is 2.50. The minimum Gasteiger partial charge on any atom is -0.393 e. The molecule has 1 fully saturated rings. The summed E-state index contributed by atoms with van der Waals surface area (Å²) in [5, 5.41) is 21.6. The highest BCUT2D eigenvalue weighted by molar-refractivity contribution is 6.23. The first kappa shape index (κ1) is 14.6. The lowest BCUT2D eigenvalue weighted by Crippen LogP contribution is -2.42. The van der Waals surface area contributed by atoms with Crippen molar-refractivity contribution in [3.63, 3.8) is 0 Å². The summed E-state index contributed by atoms with van der Waals surface area (Å²) < 4.78 is 0. The molecule has 100 valence electrons. The number of Topliss-reactive ketones (excluding diaryl/α,β-unsaturated/α-hetero) is 1. The van der Waals surface area contributed by atoms with Crippen molar-refractivity contribution in [2.75, 3.05) is 0 Å². The van der Waals surface area contributed by atoms with Crippen LogP contribution in [0.1, 0.15) is 33.6 Å². The second-order valence-electron chi connectivity index (χ2n) is 4.78. The fourth-order valence-electron chi connectivity index (χ4n) is 1.67. The number of hydrogen-bond acceptors (Lipinski definition) is 4. The molecule has 2 unspecified atom stereocenters. The van der Waals surface area contributed by atoms with E-state index in [0.29, 0.717) is 12.0 Å². The van der Waals surface area contributed by atoms with Crippen LogP contribution in [0.4, 0.5) is 0 Å². The van der Waals surface area contributed by atoms with Gasteiger partial charge in [0, 0.05) is 6.42 Å². The minimum atomic E-state index is -2.01. The third-order valence-corrected chi connectivity index (χ3v) is 2.77. The highest BCUT2D eigenvalue weighted by atomic mass is 16.3. The maximum absolute atomic E-state index is 11.9. The lowest BCUT2D eigenvalue weighted by atomic mass is 9.94. The Morgan fingerprint density at radius 3 is 2.44 bits per heavy atom. The summed E-state index contributed by atoms with van der Waals surface area (Å²) in [6.07, 6.45) is 3.03. The predicted octanol–water partition coefficient (Wildman–Crippen LogP) is 0.427. The smallest absolute Gasteiger partial charge is 0.265 e. The van der Waals surface area contributed by atoms with E-state index < -0.39 is 23.4 Å². The first-order valence-electron chi connectivity index (χ1n) is 5.88. The molecular weight excluding hydrogens is 234 g/mol. The van der Waals surface area contributed by atoms with Gasteiger partial charge in [-0.2, -0.15) is 0 Å². The molecule has 1 amide bonds. The number of rotatable bonds is 4. The van der Waals surface area contributed by atoms with Gasteiger partial charge in [-0.15, -0.1) is 0 Å². The molecule has 5 heteroatoms. The summed E-state index contributed by atoms with van der Waals surface area (Å²) in [6, 6.07) is 0. The zero-order valence-electron chi connectivity index (χ0n) is 10.9. The molecule has 0 saturated carbocycles. The first-order chi connectivity index (χ1) is 8.29. The summed E-state index contributed by atoms with van der Waals surface area (Å²) in [6.45, 7) is 5.03. The van der Waals surface area contributed by atoms with Crippen LogP contribution in [0.5, 0.6) is 0 Å². The Labute approximate surface area is 106 Å². The molecule has 3 N–H and O–H groups in total. The number of amides is 1. The number of aliphatic hydroxyl groups is 2. The summed E-state index contributed by atoms with van der Waals surface area (Å²) in [5.74, 6) is -1.28. The minimum absolute atomic E-state index is 0.0822. The third-order valence-electron chi connectivity index (χ3n) is 2.77. The maximum atomic E-state index is 11.9. The van der Waals surface area contributed by atoms with Gasteiger partial charge in [-0.25, -0.2) is 0 Å². The van der Waals surface area contributed by atoms with Gasteiger partial charge in [-0.05, 0) is 32.8 Å². The Morgan fingerprint density at radius 2 is 2.00 bits per heavy atom. The molecule has 0 bridgehead atoms. The van der Waals surface area contributed by atoms with E-state index in [-0.39, 0.29) is 12.1 Å². The van der Waals surface area contributed by atoms with Gasteiger partial charge < -0.3 is 15.5 Å². The Bertz CT molecular complexity index is 419. The van der Waals surface area contributed by atoms with Crippen molar-refractivity contribution in [3.8, 4) is 0 Å². The van der Waals surface area contributed by atoms with Crippen molar-refractivity contribution in [1.29, 1.82) is 0 Å². The van der Waals surface area contributed by atoms with Crippen LogP contribution >= 0.6 is 0 Å². The van der Waals surface area contributed by atoms with Crippen molar-refractivity contribution in [3.05, 3.63) is 23.4 Å². The molecule has 1 aliphatic rings. The fraction of sp³-hybridized carbons (Fsp3) is 0.538. The average molecular weight is 253 g/mol. The normalized spacial score (nSPS) is 25.7. The Kier molecular flexibility index (Phi) is 4.43. The van der Waals surface area contributed by atoms with Crippen molar-refractivity contribution in [1.82, 2.24) is 5.32 Å². The molecule has 0 aromatic rings. The second-order valence-corrected chi connectivity index (χ2v) is 4.78. The van der Waals surface area contributed by atoms with Gasteiger partial charge >= 0.3 is 0 Å². The summed E-state index contributed by atoms with van der Waals surface area (Å²) in [7, 11) is 0. The van der Waals surface area contributed by atoms with Gasteiger partial charge in [0.2, 0.25) is 11.4 Å². The standard InChI is InChI=1S/C13H19NO4/c1-8(2)10-11(16)13(18,12(17)14-10)7-5-4-6-9(3)15/h4-5,9,15,18H,6-7H2,1-3H3,(H,14,17). The number of nitrogens with one attached hydrogen (secondary N) is 1. The molecule has 5 nitrogen and oxygen atoms in total. The van der Waals surface area contributed by atoms with Crippen LogP contribution in [-0.2, 0) is 9.59 Å². The van der Waals surface area contributed by atoms with Gasteiger partial charge in [0.25, 0.3) is 5.91 Å². The highest BCUT2D eigenvalue weighted by Crippen LogP contribution is 2.25. The Balaban J connectivity index is 2.81. The third kappa shape index (κ3) is 2.86. The summed E-state index contributed by atoms with van der Waals surface area (Å²) in [4.78, 5) is 23.6. The van der Waals surface area contributed by atoms with E-state index >= 15 is 0 Å². The van der Waals surface area contributed by atoms with E-state index in [9.17, 15) is 14.7 Å². The lowest BCUT2D eigenvalue weighted by molar-refractivity contribution is -0.144. The molecule has 2 atom stereocenters. The van der Waals surface area contributed by atoms with Gasteiger partial charge in [0.1, 0.15) is 0 Å². The van der Waals surface area contributed by atoms with Crippen LogP contribution in [0.2, 0.25) is 0 Å². The molecule has 1 rings (SSSR count). The number of aliphatic hydroxyl groups excluding tert-OH is 1. The molecule has 1 heterocycles. The van der Waals surface area contributed by atoms with Crippen molar-refractivity contribution in [2.24, 2.45) is 0 Å². The predicted molar refractivity (Wildman–Crippen MR) is 66.5 cm³/mol. The van der Waals surface area contributed by atoms with Gasteiger partial charge in [0.15, 0.2) is 0 Å². The van der Waals surface area contributed by atoms with Crippen LogP contribution in [0, 0.1) is 0 Å².